The number of rotatable bonds is 7. The summed E-state index contributed by atoms with van der Waals surface area (Å²) in [6.45, 7) is 4.78. The number of aliphatic hydroxyl groups excluding tert-OH is 1. The Bertz CT molecular complexity index is 586. The fourth-order valence-corrected chi connectivity index (χ4v) is 3.59. The summed E-state index contributed by atoms with van der Waals surface area (Å²) in [7, 11) is 0.278. The molecule has 0 bridgehead atoms. The Kier molecular flexibility index (Phi) is 6.19. The lowest BCUT2D eigenvalue weighted by atomic mass is 9.93. The molecule has 0 saturated carbocycles. The molecule has 0 aliphatic heterocycles. The van der Waals surface area contributed by atoms with Crippen molar-refractivity contribution in [3.63, 3.8) is 0 Å². The molecule has 0 unspecified atom stereocenters. The van der Waals surface area contributed by atoms with E-state index in [1.54, 1.807) is 0 Å². The zero-order chi connectivity index (χ0) is 16.3. The summed E-state index contributed by atoms with van der Waals surface area (Å²) >= 11 is 5.87. The lowest BCUT2D eigenvalue weighted by molar-refractivity contribution is 0.242. The van der Waals surface area contributed by atoms with E-state index in [0.29, 0.717) is 17.1 Å². The van der Waals surface area contributed by atoms with Crippen molar-refractivity contribution < 1.29 is 13.5 Å². The third-order valence-corrected chi connectivity index (χ3v) is 4.75. The standard InChI is InChI=1S/C14H23ClN2O3S/c1-14(2,10-17(3)4)9-16-21(19,20)12-5-6-13(15)11(7-12)8-18/h5-7,16,18H,8-10H2,1-4H3. The van der Waals surface area contributed by atoms with Crippen LogP contribution in [0.5, 0.6) is 0 Å². The third-order valence-electron chi connectivity index (χ3n) is 2.98. The molecule has 0 radical (unpaired) electrons. The van der Waals surface area contributed by atoms with Gasteiger partial charge in [-0.3, -0.25) is 0 Å². The van der Waals surface area contributed by atoms with Gasteiger partial charge in [0.2, 0.25) is 10.0 Å². The quantitative estimate of drug-likeness (QED) is 0.796. The van der Waals surface area contributed by atoms with Gasteiger partial charge in [0.05, 0.1) is 11.5 Å². The average molecular weight is 335 g/mol. The maximum Gasteiger partial charge on any atom is 0.240 e. The van der Waals surface area contributed by atoms with Gasteiger partial charge in [-0.25, -0.2) is 13.1 Å². The van der Waals surface area contributed by atoms with E-state index in [0.717, 1.165) is 6.54 Å². The molecule has 0 fully saturated rings. The molecule has 120 valence electrons. The third kappa shape index (κ3) is 5.56. The summed E-state index contributed by atoms with van der Waals surface area (Å²) in [6, 6.07) is 4.30. The minimum Gasteiger partial charge on any atom is -0.392 e. The van der Waals surface area contributed by atoms with Gasteiger partial charge in [0.15, 0.2) is 0 Å². The van der Waals surface area contributed by atoms with E-state index >= 15 is 0 Å². The zero-order valence-corrected chi connectivity index (χ0v) is 14.4. The van der Waals surface area contributed by atoms with E-state index in [1.165, 1.54) is 18.2 Å². The number of nitrogens with one attached hydrogen (secondary N) is 1. The first-order chi connectivity index (χ1) is 9.57. The van der Waals surface area contributed by atoms with Crippen molar-refractivity contribution >= 4 is 21.6 Å². The molecular weight excluding hydrogens is 312 g/mol. The van der Waals surface area contributed by atoms with E-state index in [9.17, 15) is 8.42 Å². The highest BCUT2D eigenvalue weighted by atomic mass is 35.5. The number of sulfonamides is 1. The lowest BCUT2D eigenvalue weighted by Crippen LogP contribution is -2.39. The minimum absolute atomic E-state index is 0.108. The van der Waals surface area contributed by atoms with Gasteiger partial charge in [-0.2, -0.15) is 0 Å². The molecule has 1 aromatic rings. The maximum absolute atomic E-state index is 12.3. The molecule has 0 aliphatic rings. The number of aliphatic hydroxyl groups is 1. The highest BCUT2D eigenvalue weighted by Gasteiger charge is 2.23. The maximum atomic E-state index is 12.3. The van der Waals surface area contributed by atoms with E-state index in [2.05, 4.69) is 4.72 Å². The van der Waals surface area contributed by atoms with Crippen LogP contribution in [0.3, 0.4) is 0 Å². The van der Waals surface area contributed by atoms with Crippen LogP contribution in [-0.2, 0) is 16.6 Å². The van der Waals surface area contributed by atoms with Crippen LogP contribution in [0.25, 0.3) is 0 Å². The summed E-state index contributed by atoms with van der Waals surface area (Å²) in [6.07, 6.45) is 0. The second kappa shape index (κ2) is 7.07. The summed E-state index contributed by atoms with van der Waals surface area (Å²) < 4.78 is 27.2. The van der Waals surface area contributed by atoms with Gasteiger partial charge < -0.3 is 10.0 Å². The van der Waals surface area contributed by atoms with Crippen molar-refractivity contribution in [2.24, 2.45) is 5.41 Å². The molecule has 0 aliphatic carbocycles. The molecule has 0 heterocycles. The Morgan fingerprint density at radius 2 is 1.95 bits per heavy atom. The molecule has 1 aromatic carbocycles. The number of halogens is 1. The molecule has 21 heavy (non-hydrogen) atoms. The minimum atomic E-state index is -3.62. The second-order valence-corrected chi connectivity index (χ2v) is 8.31. The first-order valence-electron chi connectivity index (χ1n) is 6.61. The van der Waals surface area contributed by atoms with E-state index in [-0.39, 0.29) is 16.9 Å². The van der Waals surface area contributed by atoms with Crippen LogP contribution in [0.15, 0.2) is 23.1 Å². The molecular formula is C14H23ClN2O3S. The van der Waals surface area contributed by atoms with Gasteiger partial charge in [0.1, 0.15) is 0 Å². The topological polar surface area (TPSA) is 69.6 Å². The Hall–Kier alpha value is -0.660. The highest BCUT2D eigenvalue weighted by Crippen LogP contribution is 2.21. The number of hydrogen-bond acceptors (Lipinski definition) is 4. The molecule has 7 heteroatoms. The molecule has 2 N–H and O–H groups in total. The van der Waals surface area contributed by atoms with Crippen molar-refractivity contribution in [2.45, 2.75) is 25.3 Å². The molecule has 1 rings (SSSR count). The fraction of sp³-hybridized carbons (Fsp3) is 0.571. The van der Waals surface area contributed by atoms with Gasteiger partial charge in [-0.05, 0) is 43.3 Å². The van der Waals surface area contributed by atoms with Crippen LogP contribution in [0, 0.1) is 5.41 Å². The average Bonchev–Trinajstić information content (AvgIpc) is 2.35. The van der Waals surface area contributed by atoms with Crippen LogP contribution < -0.4 is 4.72 Å². The van der Waals surface area contributed by atoms with Crippen LogP contribution in [-0.4, -0.2) is 45.6 Å². The van der Waals surface area contributed by atoms with Crippen LogP contribution in [0.4, 0.5) is 0 Å². The predicted octanol–water partition coefficient (Wildman–Crippen LogP) is 1.70. The molecule has 0 atom stereocenters. The fourth-order valence-electron chi connectivity index (χ4n) is 2.13. The Morgan fingerprint density at radius 1 is 1.33 bits per heavy atom. The molecule has 0 aromatic heterocycles. The molecule has 0 saturated heterocycles. The Labute approximate surface area is 132 Å². The van der Waals surface area contributed by atoms with Crippen molar-refractivity contribution in [1.82, 2.24) is 9.62 Å². The summed E-state index contributed by atoms with van der Waals surface area (Å²) in [5.41, 5.74) is 0.204. The van der Waals surface area contributed by atoms with E-state index < -0.39 is 10.0 Å². The van der Waals surface area contributed by atoms with Crippen molar-refractivity contribution in [3.8, 4) is 0 Å². The van der Waals surface area contributed by atoms with Gasteiger partial charge in [-0.1, -0.05) is 25.4 Å². The zero-order valence-electron chi connectivity index (χ0n) is 12.9. The van der Waals surface area contributed by atoms with Gasteiger partial charge in [-0.15, -0.1) is 0 Å². The van der Waals surface area contributed by atoms with Gasteiger partial charge in [0, 0.05) is 18.1 Å². The van der Waals surface area contributed by atoms with Gasteiger partial charge >= 0.3 is 0 Å². The largest absolute Gasteiger partial charge is 0.392 e. The summed E-state index contributed by atoms with van der Waals surface area (Å²) in [5.74, 6) is 0. The smallest absolute Gasteiger partial charge is 0.240 e. The SMILES string of the molecule is CN(C)CC(C)(C)CNS(=O)(=O)c1ccc(Cl)c(CO)c1. The van der Waals surface area contributed by atoms with E-state index in [1.807, 2.05) is 32.8 Å². The van der Waals surface area contributed by atoms with Crippen LogP contribution in [0.2, 0.25) is 5.02 Å². The normalized spacial score (nSPS) is 12.9. The van der Waals surface area contributed by atoms with Crippen molar-refractivity contribution in [1.29, 1.82) is 0 Å². The van der Waals surface area contributed by atoms with Crippen LogP contribution in [0.1, 0.15) is 19.4 Å². The first-order valence-corrected chi connectivity index (χ1v) is 8.47. The highest BCUT2D eigenvalue weighted by molar-refractivity contribution is 7.89. The summed E-state index contributed by atoms with van der Waals surface area (Å²) in [4.78, 5) is 2.12. The molecule has 5 nitrogen and oxygen atoms in total. The van der Waals surface area contributed by atoms with Gasteiger partial charge in [0.25, 0.3) is 0 Å². The molecule has 0 amide bonds. The van der Waals surface area contributed by atoms with Crippen molar-refractivity contribution in [2.75, 3.05) is 27.2 Å². The first kappa shape index (κ1) is 18.4. The number of hydrogen-bond donors (Lipinski definition) is 2. The van der Waals surface area contributed by atoms with Crippen molar-refractivity contribution in [3.05, 3.63) is 28.8 Å². The number of nitrogens with zero attached hydrogens (tertiary/aromatic N) is 1. The predicted molar refractivity (Wildman–Crippen MR) is 84.9 cm³/mol. The van der Waals surface area contributed by atoms with Crippen LogP contribution >= 0.6 is 11.6 Å². The van der Waals surface area contributed by atoms with E-state index in [4.69, 9.17) is 16.7 Å². The monoisotopic (exact) mass is 334 g/mol. The lowest BCUT2D eigenvalue weighted by Gasteiger charge is -2.28. The molecule has 0 spiro atoms. The Balaban J connectivity index is 2.87. The number of benzene rings is 1. The summed E-state index contributed by atoms with van der Waals surface area (Å²) in [5, 5.41) is 9.51. The Morgan fingerprint density at radius 3 is 2.48 bits per heavy atom. The second-order valence-electron chi connectivity index (χ2n) is 6.14.